The van der Waals surface area contributed by atoms with Crippen molar-refractivity contribution >= 4 is 33.6 Å². The van der Waals surface area contributed by atoms with Crippen LogP contribution in [0.1, 0.15) is 17.0 Å². The smallest absolute Gasteiger partial charge is 0.277 e. The molecule has 0 spiro atoms. The summed E-state index contributed by atoms with van der Waals surface area (Å²) in [5.74, 6) is 1.33. The fraction of sp³-hybridized carbons (Fsp3) is 0.250. The number of halogens is 1. The van der Waals surface area contributed by atoms with Crippen molar-refractivity contribution in [2.24, 2.45) is 0 Å². The summed E-state index contributed by atoms with van der Waals surface area (Å²) in [7, 11) is 1.78. The average molecular weight is 462 g/mol. The zero-order valence-corrected chi connectivity index (χ0v) is 18.0. The number of benzene rings is 2. The molecule has 0 fully saturated rings. The molecule has 0 aliphatic rings. The molecule has 8 heteroatoms. The molecular weight excluding hydrogens is 442 g/mol. The van der Waals surface area contributed by atoms with Gasteiger partial charge in [0.1, 0.15) is 5.75 Å². The number of aryl methyl sites for hydroxylation is 1. The summed E-state index contributed by atoms with van der Waals surface area (Å²) < 4.78 is 12.2. The van der Waals surface area contributed by atoms with E-state index in [2.05, 4.69) is 26.1 Å². The van der Waals surface area contributed by atoms with Crippen LogP contribution >= 0.6 is 27.7 Å². The second-order valence-corrected chi connectivity index (χ2v) is 7.98. The van der Waals surface area contributed by atoms with Crippen molar-refractivity contribution in [2.45, 2.75) is 25.3 Å². The third kappa shape index (κ3) is 5.84. The lowest BCUT2D eigenvalue weighted by atomic mass is 10.2. The van der Waals surface area contributed by atoms with Gasteiger partial charge in [-0.25, -0.2) is 0 Å². The van der Waals surface area contributed by atoms with Gasteiger partial charge in [0, 0.05) is 18.1 Å². The van der Waals surface area contributed by atoms with Gasteiger partial charge in [0.15, 0.2) is 6.61 Å². The first-order chi connectivity index (χ1) is 13.5. The Morgan fingerprint density at radius 3 is 2.82 bits per heavy atom. The Morgan fingerprint density at radius 2 is 2.04 bits per heavy atom. The largest absolute Gasteiger partial charge is 0.484 e. The molecule has 0 bridgehead atoms. The minimum absolute atomic E-state index is 0.0171. The minimum atomic E-state index is -0.0171. The molecule has 0 saturated carbocycles. The topological polar surface area (TPSA) is 68.5 Å². The van der Waals surface area contributed by atoms with Gasteiger partial charge in [-0.2, -0.15) is 0 Å². The molecule has 0 aliphatic carbocycles. The lowest BCUT2D eigenvalue weighted by molar-refractivity contribution is -0.127. The Kier molecular flexibility index (Phi) is 7.11. The van der Waals surface area contributed by atoms with Crippen LogP contribution in [-0.4, -0.2) is 33.8 Å². The SMILES string of the molecule is Cc1cccc(OCc2nnc(SCC(=O)N(C)Cc3ccccc3Br)o2)c1. The fourth-order valence-corrected chi connectivity index (χ4v) is 3.54. The van der Waals surface area contributed by atoms with E-state index in [1.165, 1.54) is 11.8 Å². The number of nitrogens with zero attached hydrogens (tertiary/aromatic N) is 3. The van der Waals surface area contributed by atoms with Gasteiger partial charge in [-0.3, -0.25) is 4.79 Å². The molecule has 0 radical (unpaired) electrons. The molecule has 1 amide bonds. The van der Waals surface area contributed by atoms with Gasteiger partial charge >= 0.3 is 0 Å². The van der Waals surface area contributed by atoms with Crippen molar-refractivity contribution in [3.63, 3.8) is 0 Å². The first-order valence-electron chi connectivity index (χ1n) is 8.63. The van der Waals surface area contributed by atoms with Crippen LogP contribution in [0.25, 0.3) is 0 Å². The maximum Gasteiger partial charge on any atom is 0.277 e. The van der Waals surface area contributed by atoms with E-state index in [0.717, 1.165) is 21.3 Å². The number of ether oxygens (including phenoxy) is 1. The lowest BCUT2D eigenvalue weighted by Gasteiger charge is -2.17. The Morgan fingerprint density at radius 1 is 1.21 bits per heavy atom. The second-order valence-electron chi connectivity index (χ2n) is 6.20. The summed E-state index contributed by atoms with van der Waals surface area (Å²) in [6.45, 7) is 2.71. The summed E-state index contributed by atoms with van der Waals surface area (Å²) in [5.41, 5.74) is 2.17. The second kappa shape index (κ2) is 9.75. The van der Waals surface area contributed by atoms with Crippen molar-refractivity contribution in [3.05, 3.63) is 70.0 Å². The van der Waals surface area contributed by atoms with Gasteiger partial charge < -0.3 is 14.1 Å². The summed E-state index contributed by atoms with van der Waals surface area (Å²) in [6.07, 6.45) is 0. The number of carbonyl (C=O) groups excluding carboxylic acids is 1. The van der Waals surface area contributed by atoms with Gasteiger partial charge in [0.25, 0.3) is 11.1 Å². The fourth-order valence-electron chi connectivity index (χ4n) is 2.41. The van der Waals surface area contributed by atoms with Crippen LogP contribution in [0.4, 0.5) is 0 Å². The number of carbonyl (C=O) groups is 1. The highest BCUT2D eigenvalue weighted by Gasteiger charge is 2.14. The van der Waals surface area contributed by atoms with Crippen molar-refractivity contribution in [3.8, 4) is 5.75 Å². The highest BCUT2D eigenvalue weighted by molar-refractivity contribution is 9.10. The summed E-state index contributed by atoms with van der Waals surface area (Å²) in [5, 5.41) is 8.28. The van der Waals surface area contributed by atoms with Crippen LogP contribution in [0, 0.1) is 6.92 Å². The molecule has 3 aromatic rings. The number of hydrogen-bond acceptors (Lipinski definition) is 6. The maximum absolute atomic E-state index is 12.4. The van der Waals surface area contributed by atoms with Crippen molar-refractivity contribution in [2.75, 3.05) is 12.8 Å². The zero-order chi connectivity index (χ0) is 19.9. The molecule has 0 saturated heterocycles. The van der Waals surface area contributed by atoms with E-state index in [-0.39, 0.29) is 18.3 Å². The Labute approximate surface area is 176 Å². The Hall–Kier alpha value is -2.32. The van der Waals surface area contributed by atoms with E-state index in [1.54, 1.807) is 11.9 Å². The molecule has 0 aliphatic heterocycles. The van der Waals surface area contributed by atoms with E-state index in [0.29, 0.717) is 17.7 Å². The quantitative estimate of drug-likeness (QED) is 0.460. The highest BCUT2D eigenvalue weighted by atomic mass is 79.9. The van der Waals surface area contributed by atoms with Crippen LogP contribution in [-0.2, 0) is 17.9 Å². The maximum atomic E-state index is 12.4. The predicted molar refractivity (Wildman–Crippen MR) is 111 cm³/mol. The number of aromatic nitrogens is 2. The third-order valence-corrected chi connectivity index (χ3v) is 5.49. The van der Waals surface area contributed by atoms with Gasteiger partial charge in [-0.1, -0.05) is 58.0 Å². The molecule has 146 valence electrons. The number of thioether (sulfide) groups is 1. The van der Waals surface area contributed by atoms with Gasteiger partial charge in [0.05, 0.1) is 5.75 Å². The van der Waals surface area contributed by atoms with Gasteiger partial charge in [0.2, 0.25) is 5.91 Å². The molecule has 0 N–H and O–H groups in total. The Balaban J connectivity index is 1.47. The molecule has 1 heterocycles. The van der Waals surface area contributed by atoms with E-state index < -0.39 is 0 Å². The number of amides is 1. The van der Waals surface area contributed by atoms with Crippen LogP contribution in [0.3, 0.4) is 0 Å². The first-order valence-corrected chi connectivity index (χ1v) is 10.4. The number of hydrogen-bond donors (Lipinski definition) is 0. The highest BCUT2D eigenvalue weighted by Crippen LogP contribution is 2.20. The summed E-state index contributed by atoms with van der Waals surface area (Å²) in [6, 6.07) is 15.6. The summed E-state index contributed by atoms with van der Waals surface area (Å²) >= 11 is 4.72. The minimum Gasteiger partial charge on any atom is -0.484 e. The molecule has 28 heavy (non-hydrogen) atoms. The molecule has 0 unspecified atom stereocenters. The van der Waals surface area contributed by atoms with E-state index in [9.17, 15) is 4.79 Å². The van der Waals surface area contributed by atoms with Crippen molar-refractivity contribution in [1.29, 1.82) is 0 Å². The summed E-state index contributed by atoms with van der Waals surface area (Å²) in [4.78, 5) is 14.0. The molecule has 3 rings (SSSR count). The lowest BCUT2D eigenvalue weighted by Crippen LogP contribution is -2.27. The predicted octanol–water partition coefficient (Wildman–Crippen LogP) is 4.47. The molecule has 1 aromatic heterocycles. The average Bonchev–Trinajstić information content (AvgIpc) is 3.14. The van der Waals surface area contributed by atoms with E-state index in [1.807, 2.05) is 55.5 Å². The molecule has 2 aromatic carbocycles. The third-order valence-electron chi connectivity index (χ3n) is 3.91. The van der Waals surface area contributed by atoms with Crippen molar-refractivity contribution in [1.82, 2.24) is 15.1 Å². The van der Waals surface area contributed by atoms with Crippen LogP contribution in [0.15, 0.2) is 62.6 Å². The normalized spacial score (nSPS) is 10.7. The van der Waals surface area contributed by atoms with Crippen LogP contribution in [0.5, 0.6) is 5.75 Å². The first kappa shape index (κ1) is 20.4. The van der Waals surface area contributed by atoms with Crippen molar-refractivity contribution < 1.29 is 13.9 Å². The molecule has 6 nitrogen and oxygen atoms in total. The number of rotatable bonds is 8. The van der Waals surface area contributed by atoms with E-state index in [4.69, 9.17) is 9.15 Å². The zero-order valence-electron chi connectivity index (χ0n) is 15.6. The monoisotopic (exact) mass is 461 g/mol. The standard InChI is InChI=1S/C20H20BrN3O3S/c1-14-6-5-8-16(10-14)26-12-18-22-23-20(27-18)28-13-19(25)24(2)11-15-7-3-4-9-17(15)21/h3-10H,11-13H2,1-2H3. The molecule has 0 atom stereocenters. The van der Waals surface area contributed by atoms with Crippen LogP contribution in [0.2, 0.25) is 0 Å². The van der Waals surface area contributed by atoms with Gasteiger partial charge in [-0.15, -0.1) is 10.2 Å². The van der Waals surface area contributed by atoms with Crippen LogP contribution < -0.4 is 4.74 Å². The van der Waals surface area contributed by atoms with Gasteiger partial charge in [-0.05, 0) is 36.2 Å². The Bertz CT molecular complexity index is 948. The van der Waals surface area contributed by atoms with E-state index >= 15 is 0 Å². The molecular formula is C20H20BrN3O3S.